The Morgan fingerprint density at radius 1 is 0.800 bits per heavy atom. The first-order valence-corrected chi connectivity index (χ1v) is 12.5. The highest BCUT2D eigenvalue weighted by molar-refractivity contribution is 5.70. The topological polar surface area (TPSA) is 73.9 Å². The van der Waals surface area contributed by atoms with Crippen LogP contribution in [0, 0.1) is 0 Å². The summed E-state index contributed by atoms with van der Waals surface area (Å²) in [7, 11) is 1.92. The Labute approximate surface area is 205 Å². The van der Waals surface area contributed by atoms with Crippen LogP contribution < -0.4 is 0 Å². The third-order valence-corrected chi connectivity index (χ3v) is 7.27. The van der Waals surface area contributed by atoms with Crippen molar-refractivity contribution in [2.45, 2.75) is 37.8 Å². The fraction of sp³-hybridized carbons (Fsp3) is 0.407. The fourth-order valence-electron chi connectivity index (χ4n) is 5.25. The molecule has 0 radical (unpaired) electrons. The third-order valence-electron chi connectivity index (χ3n) is 7.27. The van der Waals surface area contributed by atoms with Crippen molar-refractivity contribution in [1.29, 1.82) is 0 Å². The normalized spacial score (nSPS) is 19.7. The molecule has 35 heavy (non-hydrogen) atoms. The van der Waals surface area contributed by atoms with Crippen molar-refractivity contribution >= 4 is 0 Å². The molecule has 4 aromatic rings. The van der Waals surface area contributed by atoms with E-state index in [4.69, 9.17) is 9.84 Å². The summed E-state index contributed by atoms with van der Waals surface area (Å²) in [4.78, 5) is 11.9. The Bertz CT molecular complexity index is 1260. The van der Waals surface area contributed by atoms with Gasteiger partial charge in [-0.15, -0.1) is 0 Å². The van der Waals surface area contributed by atoms with Gasteiger partial charge in [-0.2, -0.15) is 10.2 Å². The standard InChI is InChI=1S/C27H31N7O/c1-32-17-23(15-30-32)20-4-2-5-21(12-20)27-28-13-22(14-29-27)24-16-31-34(18-24)25-7-9-33(10-8-25)26-6-3-11-35-19-26/h2,4-5,12-18,25-26H,3,6-11,19H2,1H3. The molecule has 0 amide bonds. The highest BCUT2D eigenvalue weighted by atomic mass is 16.5. The number of piperidine rings is 1. The van der Waals surface area contributed by atoms with Crippen LogP contribution in [0.2, 0.25) is 0 Å². The second-order valence-electron chi connectivity index (χ2n) is 9.63. The number of nitrogens with zero attached hydrogens (tertiary/aromatic N) is 7. The van der Waals surface area contributed by atoms with E-state index >= 15 is 0 Å². The van der Waals surface area contributed by atoms with E-state index in [0.717, 1.165) is 67.0 Å². The summed E-state index contributed by atoms with van der Waals surface area (Å²) in [5.41, 5.74) is 5.22. The van der Waals surface area contributed by atoms with E-state index in [1.807, 2.05) is 54.8 Å². The van der Waals surface area contributed by atoms with Crippen LogP contribution in [-0.2, 0) is 11.8 Å². The van der Waals surface area contributed by atoms with Gasteiger partial charge < -0.3 is 4.74 Å². The summed E-state index contributed by atoms with van der Waals surface area (Å²) >= 11 is 0. The van der Waals surface area contributed by atoms with Crippen LogP contribution in [0.1, 0.15) is 31.7 Å². The van der Waals surface area contributed by atoms with Crippen molar-refractivity contribution in [3.05, 3.63) is 61.4 Å². The number of aromatic nitrogens is 6. The molecule has 1 unspecified atom stereocenters. The number of aryl methyl sites for hydroxylation is 1. The lowest BCUT2D eigenvalue weighted by Gasteiger charge is -2.39. The van der Waals surface area contributed by atoms with Crippen LogP contribution in [0.15, 0.2) is 61.4 Å². The Morgan fingerprint density at radius 2 is 1.57 bits per heavy atom. The molecule has 0 bridgehead atoms. The second kappa shape index (κ2) is 9.71. The van der Waals surface area contributed by atoms with Crippen molar-refractivity contribution in [2.24, 2.45) is 7.05 Å². The quantitative estimate of drug-likeness (QED) is 0.436. The molecule has 1 aromatic carbocycles. The number of benzene rings is 1. The molecule has 8 nitrogen and oxygen atoms in total. The minimum Gasteiger partial charge on any atom is -0.380 e. The molecule has 0 aliphatic carbocycles. The summed E-state index contributed by atoms with van der Waals surface area (Å²) in [5.74, 6) is 0.714. The van der Waals surface area contributed by atoms with Crippen molar-refractivity contribution in [2.75, 3.05) is 26.3 Å². The molecule has 0 N–H and O–H groups in total. The molecule has 0 saturated carbocycles. The first-order valence-electron chi connectivity index (χ1n) is 12.5. The van der Waals surface area contributed by atoms with E-state index in [1.165, 1.54) is 12.8 Å². The lowest BCUT2D eigenvalue weighted by Crippen LogP contribution is -2.45. The van der Waals surface area contributed by atoms with E-state index in [9.17, 15) is 0 Å². The van der Waals surface area contributed by atoms with Crippen LogP contribution in [0.4, 0.5) is 0 Å². The van der Waals surface area contributed by atoms with Crippen LogP contribution in [0.5, 0.6) is 0 Å². The van der Waals surface area contributed by atoms with Gasteiger partial charge in [0.05, 0.1) is 25.0 Å². The van der Waals surface area contributed by atoms with E-state index < -0.39 is 0 Å². The van der Waals surface area contributed by atoms with Crippen molar-refractivity contribution < 1.29 is 4.74 Å². The van der Waals surface area contributed by atoms with Gasteiger partial charge in [-0.3, -0.25) is 14.3 Å². The number of rotatable bonds is 5. The zero-order valence-electron chi connectivity index (χ0n) is 20.1. The second-order valence-corrected chi connectivity index (χ2v) is 9.63. The number of hydrogen-bond acceptors (Lipinski definition) is 6. The maximum Gasteiger partial charge on any atom is 0.159 e. The van der Waals surface area contributed by atoms with Crippen molar-refractivity contribution in [1.82, 2.24) is 34.4 Å². The Hall–Kier alpha value is -3.36. The summed E-state index contributed by atoms with van der Waals surface area (Å²) in [6.07, 6.45) is 16.4. The summed E-state index contributed by atoms with van der Waals surface area (Å²) in [6, 6.07) is 9.30. The molecule has 0 spiro atoms. The minimum absolute atomic E-state index is 0.444. The van der Waals surface area contributed by atoms with Gasteiger partial charge in [-0.1, -0.05) is 18.2 Å². The molecule has 5 heterocycles. The Balaban J connectivity index is 1.12. The minimum atomic E-state index is 0.444. The van der Waals surface area contributed by atoms with Gasteiger partial charge in [-0.05, 0) is 37.3 Å². The molecule has 180 valence electrons. The van der Waals surface area contributed by atoms with Gasteiger partial charge in [0.15, 0.2) is 5.82 Å². The molecule has 2 aliphatic heterocycles. The predicted octanol–water partition coefficient (Wildman–Crippen LogP) is 4.22. The maximum atomic E-state index is 5.69. The highest BCUT2D eigenvalue weighted by Crippen LogP contribution is 2.28. The van der Waals surface area contributed by atoms with E-state index in [0.29, 0.717) is 17.9 Å². The summed E-state index contributed by atoms with van der Waals surface area (Å²) < 4.78 is 9.63. The number of ether oxygens (including phenoxy) is 1. The summed E-state index contributed by atoms with van der Waals surface area (Å²) in [5, 5.41) is 8.96. The molecule has 6 rings (SSSR count). The van der Waals surface area contributed by atoms with E-state index in [2.05, 4.69) is 43.0 Å². The lowest BCUT2D eigenvalue weighted by atomic mass is 10.0. The van der Waals surface area contributed by atoms with Crippen molar-refractivity contribution in [3.8, 4) is 33.6 Å². The largest absolute Gasteiger partial charge is 0.380 e. The van der Waals surface area contributed by atoms with Gasteiger partial charge >= 0.3 is 0 Å². The SMILES string of the molecule is Cn1cc(-c2cccc(-c3ncc(-c4cnn(C5CCN(C6CCCOC6)CC5)c4)cn3)c2)cn1. The molecule has 1 atom stereocenters. The Morgan fingerprint density at radius 3 is 2.31 bits per heavy atom. The smallest absolute Gasteiger partial charge is 0.159 e. The van der Waals surface area contributed by atoms with Gasteiger partial charge in [0.25, 0.3) is 0 Å². The van der Waals surface area contributed by atoms with Gasteiger partial charge in [0.1, 0.15) is 0 Å². The van der Waals surface area contributed by atoms with E-state index in [-0.39, 0.29) is 0 Å². The van der Waals surface area contributed by atoms with Crippen LogP contribution in [-0.4, -0.2) is 66.8 Å². The molecule has 3 aromatic heterocycles. The highest BCUT2D eigenvalue weighted by Gasteiger charge is 2.27. The summed E-state index contributed by atoms with van der Waals surface area (Å²) in [6.45, 7) is 4.04. The Kier molecular flexibility index (Phi) is 6.14. The molecule has 8 heteroatoms. The van der Waals surface area contributed by atoms with E-state index in [1.54, 1.807) is 0 Å². The number of hydrogen-bond donors (Lipinski definition) is 0. The van der Waals surface area contributed by atoms with Gasteiger partial charge in [0, 0.05) is 79.8 Å². The zero-order chi connectivity index (χ0) is 23.6. The molecule has 2 aliphatic rings. The molecule has 2 saturated heterocycles. The average molecular weight is 470 g/mol. The fourth-order valence-corrected chi connectivity index (χ4v) is 5.25. The van der Waals surface area contributed by atoms with Crippen LogP contribution >= 0.6 is 0 Å². The van der Waals surface area contributed by atoms with Crippen molar-refractivity contribution in [3.63, 3.8) is 0 Å². The maximum absolute atomic E-state index is 5.69. The van der Waals surface area contributed by atoms with Crippen LogP contribution in [0.25, 0.3) is 33.6 Å². The lowest BCUT2D eigenvalue weighted by molar-refractivity contribution is 0.00514. The number of likely N-dealkylation sites (tertiary alicyclic amines) is 1. The first kappa shape index (κ1) is 22.1. The van der Waals surface area contributed by atoms with Gasteiger partial charge in [0.2, 0.25) is 0 Å². The third kappa shape index (κ3) is 4.76. The predicted molar refractivity (Wildman–Crippen MR) is 135 cm³/mol. The van der Waals surface area contributed by atoms with Gasteiger partial charge in [-0.25, -0.2) is 9.97 Å². The monoisotopic (exact) mass is 469 g/mol. The molecule has 2 fully saturated rings. The average Bonchev–Trinajstić information content (AvgIpc) is 3.59. The van der Waals surface area contributed by atoms with Crippen LogP contribution in [0.3, 0.4) is 0 Å². The zero-order valence-corrected chi connectivity index (χ0v) is 20.1. The first-order chi connectivity index (χ1) is 17.2. The molecular weight excluding hydrogens is 438 g/mol. The molecular formula is C27H31N7O.